The van der Waals surface area contributed by atoms with Crippen LogP contribution in [0.3, 0.4) is 0 Å². The van der Waals surface area contributed by atoms with Crippen LogP contribution in [0.15, 0.2) is 12.2 Å². The molecule has 0 aliphatic carbocycles. The van der Waals surface area contributed by atoms with Crippen LogP contribution in [0.2, 0.25) is 0 Å². The second-order valence-electron chi connectivity index (χ2n) is 14.2. The van der Waals surface area contributed by atoms with Gasteiger partial charge in [0.1, 0.15) is 0 Å². The zero-order chi connectivity index (χ0) is 52.6. The summed E-state index contributed by atoms with van der Waals surface area (Å²) in [6.07, 6.45) is -3.48. The lowest BCUT2D eigenvalue weighted by molar-refractivity contribution is -0.490. The van der Waals surface area contributed by atoms with E-state index in [-0.39, 0.29) is 18.9 Å². The first kappa shape index (κ1) is 62.4. The molecule has 0 saturated carbocycles. The minimum absolute atomic E-state index is 0.0471. The molecule has 0 aliphatic heterocycles. The molecule has 0 nitrogen and oxygen atoms in total. The van der Waals surface area contributed by atoms with Crippen LogP contribution in [0.5, 0.6) is 0 Å². The second-order valence-corrected chi connectivity index (χ2v) is 14.2. The van der Waals surface area contributed by atoms with Crippen molar-refractivity contribution in [1.29, 1.82) is 0 Å². The van der Waals surface area contributed by atoms with Gasteiger partial charge in [0.25, 0.3) is 0 Å². The highest BCUT2D eigenvalue weighted by Crippen LogP contribution is 2.70. The topological polar surface area (TPSA) is 0 Å². The van der Waals surface area contributed by atoms with Crippen LogP contribution in [0.4, 0.5) is 145 Å². The van der Waals surface area contributed by atoms with Gasteiger partial charge >= 0.3 is 95.0 Å². The predicted octanol–water partition coefficient (Wildman–Crippen LogP) is 16.7. The molecule has 33 heteroatoms. The van der Waals surface area contributed by atoms with Crippen molar-refractivity contribution in [2.24, 2.45) is 0 Å². The first-order valence-corrected chi connectivity index (χ1v) is 17.7. The smallest absolute Gasteiger partial charge is 0.195 e. The van der Waals surface area contributed by atoms with Gasteiger partial charge in [-0.2, -0.15) is 145 Å². The average Bonchev–Trinajstić information content (AvgIpc) is 3.13. The summed E-state index contributed by atoms with van der Waals surface area (Å²) in [5, 5.41) is 0. The maximum absolute atomic E-state index is 14.2. The third kappa shape index (κ3) is 9.72. The summed E-state index contributed by atoms with van der Waals surface area (Å²) in [6.45, 7) is 1.98. The van der Waals surface area contributed by atoms with Crippen LogP contribution < -0.4 is 0 Å². The molecule has 0 spiro atoms. The zero-order valence-corrected chi connectivity index (χ0v) is 31.8. The van der Waals surface area contributed by atoms with Crippen LogP contribution in [0.1, 0.15) is 90.4 Å². The highest BCUT2D eigenvalue weighted by atomic mass is 19.4. The van der Waals surface area contributed by atoms with E-state index in [9.17, 15) is 145 Å². The van der Waals surface area contributed by atoms with E-state index in [0.717, 1.165) is 44.9 Å². The fraction of sp³-hybridized carbons (Fsp3) is 0.938. The number of rotatable bonds is 28. The van der Waals surface area contributed by atoms with Crippen molar-refractivity contribution < 1.29 is 145 Å². The Bertz CT molecular complexity index is 1550. The molecule has 0 N–H and O–H groups in total. The van der Waals surface area contributed by atoms with Gasteiger partial charge in [-0.25, -0.2) is 0 Å². The molecule has 0 fully saturated rings. The number of allylic oxidation sites excluding steroid dienone is 2. The number of halogens is 33. The quantitative estimate of drug-likeness (QED) is 0.0416. The minimum Gasteiger partial charge on any atom is -0.195 e. The van der Waals surface area contributed by atoms with E-state index in [1.807, 2.05) is 6.92 Å². The Morgan fingerprint density at radius 1 is 0.231 bits per heavy atom. The number of hydrogen-bond acceptors (Lipinski definition) is 0. The molecule has 0 aliphatic rings. The minimum atomic E-state index is -10.2. The lowest BCUT2D eigenvalue weighted by Crippen LogP contribution is -2.79. The van der Waals surface area contributed by atoms with Crippen LogP contribution in [0, 0.1) is 0 Å². The molecule has 0 bridgehead atoms. The molecule has 0 aromatic heterocycles. The van der Waals surface area contributed by atoms with E-state index < -0.39 is 108 Å². The number of hydrogen-bond donors (Lipinski definition) is 0. The molecular formula is C32H31F33. The first-order valence-electron chi connectivity index (χ1n) is 17.7. The van der Waals surface area contributed by atoms with E-state index in [0.29, 0.717) is 19.3 Å². The van der Waals surface area contributed by atoms with Crippen molar-refractivity contribution in [3.8, 4) is 0 Å². The van der Waals surface area contributed by atoms with Gasteiger partial charge in [0.2, 0.25) is 0 Å². The summed E-state index contributed by atoms with van der Waals surface area (Å²) in [4.78, 5) is 0. The molecule has 0 saturated heterocycles. The van der Waals surface area contributed by atoms with Gasteiger partial charge in [-0.1, -0.05) is 83.6 Å². The second kappa shape index (κ2) is 19.1. The van der Waals surface area contributed by atoms with Gasteiger partial charge in [-0.05, 0) is 18.9 Å². The molecule has 0 atom stereocenters. The molecular weight excluding hydrogens is 1010 g/mol. The molecule has 0 unspecified atom stereocenters. The Morgan fingerprint density at radius 2 is 0.415 bits per heavy atom. The van der Waals surface area contributed by atoms with E-state index in [1.54, 1.807) is 0 Å². The maximum atomic E-state index is 14.2. The summed E-state index contributed by atoms with van der Waals surface area (Å²) < 4.78 is 453. The van der Waals surface area contributed by atoms with Gasteiger partial charge < -0.3 is 0 Å². The van der Waals surface area contributed by atoms with Crippen molar-refractivity contribution in [1.82, 2.24) is 0 Å². The first-order chi connectivity index (χ1) is 28.3. The monoisotopic (exact) mass is 1040 g/mol. The fourth-order valence-electron chi connectivity index (χ4n) is 5.19. The summed E-state index contributed by atoms with van der Waals surface area (Å²) in [6, 6.07) is 0. The Labute approximate surface area is 343 Å². The summed E-state index contributed by atoms with van der Waals surface area (Å²) in [5.41, 5.74) is 0. The van der Waals surface area contributed by atoms with Crippen LogP contribution in [0.25, 0.3) is 0 Å². The van der Waals surface area contributed by atoms with Gasteiger partial charge in [-0.15, -0.1) is 0 Å². The van der Waals surface area contributed by atoms with E-state index >= 15 is 0 Å². The predicted molar refractivity (Wildman–Crippen MR) is 155 cm³/mol. The fourth-order valence-corrected chi connectivity index (χ4v) is 5.19. The van der Waals surface area contributed by atoms with Crippen LogP contribution in [-0.4, -0.2) is 95.0 Å². The van der Waals surface area contributed by atoms with Crippen molar-refractivity contribution in [3.05, 3.63) is 12.2 Å². The number of unbranched alkanes of at least 4 members (excludes halogenated alkanes) is 12. The molecule has 0 radical (unpaired) electrons. The molecule has 0 aromatic rings. The van der Waals surface area contributed by atoms with Gasteiger partial charge in [0.05, 0.1) is 0 Å². The maximum Gasteiger partial charge on any atom is 0.460 e. The largest absolute Gasteiger partial charge is 0.460 e. The van der Waals surface area contributed by atoms with E-state index in [4.69, 9.17) is 0 Å². The normalized spacial score (nSPS) is 16.3. The molecule has 0 aromatic carbocycles. The Kier molecular flexibility index (Phi) is 18.3. The lowest BCUT2D eigenvalue weighted by Gasteiger charge is -2.46. The van der Waals surface area contributed by atoms with Crippen molar-refractivity contribution in [2.75, 3.05) is 0 Å². The highest BCUT2D eigenvalue weighted by Gasteiger charge is 3.01. The molecule has 0 amide bonds. The summed E-state index contributed by atoms with van der Waals surface area (Å²) >= 11 is 0. The van der Waals surface area contributed by atoms with Crippen molar-refractivity contribution >= 4 is 0 Å². The van der Waals surface area contributed by atoms with Gasteiger partial charge in [-0.3, -0.25) is 0 Å². The molecule has 0 rings (SSSR count). The lowest BCUT2D eigenvalue weighted by atomic mass is 9.82. The molecule has 65 heavy (non-hydrogen) atoms. The standard InChI is InChI=1S/C32H31F33/c1-2-3-4-5-6-7-8-9-10-11-12-13-14-15-16-17(33,34)18(35,36)19(37,38)20(39,40)21(41,42)22(43,44)23(45,46)24(47,48)25(49,50)26(51,52)27(53,54)28(55,56)29(57,58)30(59,60)31(61,62)32(63,64)65/h15-16H,2-14H2,1H3/b16-15+. The Hall–Kier alpha value is -2.57. The zero-order valence-electron chi connectivity index (χ0n) is 31.8. The highest BCUT2D eigenvalue weighted by molar-refractivity contribution is 5.23. The summed E-state index contributed by atoms with van der Waals surface area (Å²) in [7, 11) is 0. The van der Waals surface area contributed by atoms with Crippen LogP contribution >= 0.6 is 0 Å². The van der Waals surface area contributed by atoms with Gasteiger partial charge in [0.15, 0.2) is 0 Å². The van der Waals surface area contributed by atoms with E-state index in [2.05, 4.69) is 0 Å². The SMILES string of the molecule is CCCCCCCCCCCCCC/C=C/C(F)(F)C(F)(F)C(F)(F)C(F)(F)C(F)(F)C(F)(F)C(F)(F)C(F)(F)C(F)(F)C(F)(F)C(F)(F)C(F)(F)C(F)(F)C(F)(F)C(F)(F)C(F)(F)F. The molecule has 0 heterocycles. The Balaban J connectivity index is 6.81. The average molecular weight is 1040 g/mol. The van der Waals surface area contributed by atoms with Crippen molar-refractivity contribution in [2.45, 2.75) is 185 Å². The Morgan fingerprint density at radius 3 is 0.631 bits per heavy atom. The van der Waals surface area contributed by atoms with Crippen LogP contribution in [-0.2, 0) is 0 Å². The third-order valence-corrected chi connectivity index (χ3v) is 9.45. The van der Waals surface area contributed by atoms with Gasteiger partial charge in [0, 0.05) is 0 Å². The van der Waals surface area contributed by atoms with E-state index in [1.165, 1.54) is 0 Å². The number of alkyl halides is 33. The van der Waals surface area contributed by atoms with Crippen molar-refractivity contribution in [3.63, 3.8) is 0 Å². The summed E-state index contributed by atoms with van der Waals surface area (Å²) in [5.74, 6) is -142. The molecule has 390 valence electrons. The third-order valence-electron chi connectivity index (χ3n) is 9.45.